The molecule has 1 fully saturated rings. The van der Waals surface area contributed by atoms with Crippen LogP contribution >= 0.6 is 15.9 Å². The highest BCUT2D eigenvalue weighted by Crippen LogP contribution is 2.33. The fourth-order valence-corrected chi connectivity index (χ4v) is 2.79. The molecule has 0 amide bonds. The van der Waals surface area contributed by atoms with Crippen LogP contribution in [-0.2, 0) is 6.54 Å². The maximum Gasteiger partial charge on any atom is 0.119 e. The molecule has 0 saturated heterocycles. The van der Waals surface area contributed by atoms with E-state index in [-0.39, 0.29) is 0 Å². The smallest absolute Gasteiger partial charge is 0.119 e. The molecule has 3 nitrogen and oxygen atoms in total. The second-order valence-corrected chi connectivity index (χ2v) is 5.73. The van der Waals surface area contributed by atoms with Gasteiger partial charge < -0.3 is 15.0 Å². The van der Waals surface area contributed by atoms with Gasteiger partial charge in [-0.25, -0.2) is 0 Å². The number of aromatic amines is 1. The molecule has 18 heavy (non-hydrogen) atoms. The molecule has 3 rings (SSSR count). The number of nitrogens with one attached hydrogen (secondary N) is 2. The second kappa shape index (κ2) is 4.59. The van der Waals surface area contributed by atoms with Crippen LogP contribution in [0.2, 0.25) is 0 Å². The van der Waals surface area contributed by atoms with Crippen LogP contribution < -0.4 is 10.1 Å². The minimum atomic E-state index is 0.721. The topological polar surface area (TPSA) is 37.0 Å². The van der Waals surface area contributed by atoms with Crippen molar-refractivity contribution in [3.8, 4) is 5.75 Å². The molecular formula is C14H17BrN2O. The number of methoxy groups -OCH3 is 1. The molecule has 2 aromatic rings. The van der Waals surface area contributed by atoms with E-state index in [0.717, 1.165) is 22.8 Å². The summed E-state index contributed by atoms with van der Waals surface area (Å²) in [6, 6.07) is 4.85. The molecule has 1 aliphatic carbocycles. The van der Waals surface area contributed by atoms with Gasteiger partial charge in [0, 0.05) is 28.1 Å². The number of ether oxygens (including phenoxy) is 1. The molecule has 1 aromatic carbocycles. The molecule has 1 aliphatic rings. The normalized spacial score (nSPS) is 15.3. The number of halogens is 1. The van der Waals surface area contributed by atoms with Crippen LogP contribution in [0, 0.1) is 6.92 Å². The first-order chi connectivity index (χ1) is 8.69. The average molecular weight is 309 g/mol. The van der Waals surface area contributed by atoms with Crippen LogP contribution in [0.15, 0.2) is 16.6 Å². The highest BCUT2D eigenvalue weighted by atomic mass is 79.9. The molecule has 96 valence electrons. The SMILES string of the molecule is COc1cc(C)c2[nH]c(CNC3CC3)c(Br)c2c1. The van der Waals surface area contributed by atoms with Crippen molar-refractivity contribution in [1.29, 1.82) is 0 Å². The van der Waals surface area contributed by atoms with Crippen molar-refractivity contribution < 1.29 is 4.74 Å². The second-order valence-electron chi connectivity index (χ2n) is 4.94. The molecule has 0 radical (unpaired) electrons. The first-order valence-electron chi connectivity index (χ1n) is 6.27. The van der Waals surface area contributed by atoms with Crippen LogP contribution in [-0.4, -0.2) is 18.1 Å². The van der Waals surface area contributed by atoms with E-state index in [2.05, 4.69) is 45.3 Å². The zero-order valence-electron chi connectivity index (χ0n) is 10.6. The van der Waals surface area contributed by atoms with Crippen molar-refractivity contribution in [2.75, 3.05) is 7.11 Å². The highest BCUT2D eigenvalue weighted by Gasteiger charge is 2.21. The molecule has 1 saturated carbocycles. The molecule has 0 bridgehead atoms. The first-order valence-corrected chi connectivity index (χ1v) is 7.06. The Kier molecular flexibility index (Phi) is 3.08. The Morgan fingerprint density at radius 2 is 2.22 bits per heavy atom. The summed E-state index contributed by atoms with van der Waals surface area (Å²) >= 11 is 3.69. The number of aromatic nitrogens is 1. The Morgan fingerprint density at radius 1 is 1.44 bits per heavy atom. The zero-order chi connectivity index (χ0) is 12.7. The molecule has 0 unspecified atom stereocenters. The van der Waals surface area contributed by atoms with Gasteiger partial charge in [-0.1, -0.05) is 0 Å². The average Bonchev–Trinajstić information content (AvgIpc) is 3.13. The third-order valence-corrected chi connectivity index (χ3v) is 4.37. The van der Waals surface area contributed by atoms with Gasteiger partial charge >= 0.3 is 0 Å². The van der Waals surface area contributed by atoms with Crippen LogP contribution in [0.1, 0.15) is 24.1 Å². The van der Waals surface area contributed by atoms with E-state index in [1.165, 1.54) is 35.0 Å². The number of hydrogen-bond acceptors (Lipinski definition) is 2. The van der Waals surface area contributed by atoms with E-state index >= 15 is 0 Å². The molecule has 1 aromatic heterocycles. The van der Waals surface area contributed by atoms with Crippen molar-refractivity contribution in [3.63, 3.8) is 0 Å². The fraction of sp³-hybridized carbons (Fsp3) is 0.429. The Balaban J connectivity index is 2.00. The minimum Gasteiger partial charge on any atom is -0.497 e. The maximum absolute atomic E-state index is 5.33. The number of fused-ring (bicyclic) bond motifs is 1. The van der Waals surface area contributed by atoms with Crippen molar-refractivity contribution >= 4 is 26.8 Å². The monoisotopic (exact) mass is 308 g/mol. The van der Waals surface area contributed by atoms with Gasteiger partial charge in [0.2, 0.25) is 0 Å². The predicted octanol–water partition coefficient (Wildman–Crippen LogP) is 3.50. The lowest BCUT2D eigenvalue weighted by Gasteiger charge is -2.02. The summed E-state index contributed by atoms with van der Waals surface area (Å²) in [6.45, 7) is 2.99. The quantitative estimate of drug-likeness (QED) is 0.907. The predicted molar refractivity (Wildman–Crippen MR) is 77.1 cm³/mol. The van der Waals surface area contributed by atoms with Gasteiger partial charge in [-0.15, -0.1) is 0 Å². The number of aryl methyl sites for hydroxylation is 1. The number of benzene rings is 1. The number of H-pyrrole nitrogens is 1. The Morgan fingerprint density at radius 3 is 2.89 bits per heavy atom. The standard InChI is InChI=1S/C14H17BrN2O/c1-8-5-10(18-2)6-11-13(15)12(17-14(8)11)7-16-9-3-4-9/h5-6,9,16-17H,3-4,7H2,1-2H3. The van der Waals surface area contributed by atoms with Gasteiger partial charge in [0.15, 0.2) is 0 Å². The van der Waals surface area contributed by atoms with Gasteiger partial charge in [-0.3, -0.25) is 0 Å². The Hall–Kier alpha value is -1.00. The van der Waals surface area contributed by atoms with E-state index in [4.69, 9.17) is 4.74 Å². The molecular weight excluding hydrogens is 292 g/mol. The van der Waals surface area contributed by atoms with Gasteiger partial charge in [0.25, 0.3) is 0 Å². The van der Waals surface area contributed by atoms with E-state index in [1.54, 1.807) is 7.11 Å². The zero-order valence-corrected chi connectivity index (χ0v) is 12.2. The van der Waals surface area contributed by atoms with Crippen LogP contribution in [0.4, 0.5) is 0 Å². The first kappa shape index (κ1) is 12.1. The van der Waals surface area contributed by atoms with Crippen molar-refractivity contribution in [1.82, 2.24) is 10.3 Å². The van der Waals surface area contributed by atoms with Crippen molar-refractivity contribution in [3.05, 3.63) is 27.9 Å². The van der Waals surface area contributed by atoms with E-state index in [0.29, 0.717) is 0 Å². The number of rotatable bonds is 4. The van der Waals surface area contributed by atoms with Gasteiger partial charge in [-0.2, -0.15) is 0 Å². The lowest BCUT2D eigenvalue weighted by molar-refractivity contribution is 0.415. The highest BCUT2D eigenvalue weighted by molar-refractivity contribution is 9.10. The summed E-state index contributed by atoms with van der Waals surface area (Å²) in [5, 5.41) is 4.72. The Bertz CT molecular complexity index is 587. The summed E-state index contributed by atoms with van der Waals surface area (Å²) in [6.07, 6.45) is 2.62. The summed E-state index contributed by atoms with van der Waals surface area (Å²) in [4.78, 5) is 3.50. The third-order valence-electron chi connectivity index (χ3n) is 3.47. The van der Waals surface area contributed by atoms with E-state index in [9.17, 15) is 0 Å². The molecule has 2 N–H and O–H groups in total. The van der Waals surface area contributed by atoms with Crippen molar-refractivity contribution in [2.45, 2.75) is 32.4 Å². The van der Waals surface area contributed by atoms with Crippen LogP contribution in [0.25, 0.3) is 10.9 Å². The fourth-order valence-electron chi connectivity index (χ4n) is 2.23. The summed E-state index contributed by atoms with van der Waals surface area (Å²) in [5.41, 5.74) is 3.62. The van der Waals surface area contributed by atoms with Gasteiger partial charge in [0.05, 0.1) is 12.6 Å². The maximum atomic E-state index is 5.33. The lowest BCUT2D eigenvalue weighted by atomic mass is 10.1. The van der Waals surface area contributed by atoms with E-state index < -0.39 is 0 Å². The molecule has 0 spiro atoms. The Labute approximate surface area is 115 Å². The van der Waals surface area contributed by atoms with E-state index in [1.807, 2.05) is 0 Å². The van der Waals surface area contributed by atoms with Crippen molar-refractivity contribution in [2.24, 2.45) is 0 Å². The van der Waals surface area contributed by atoms with Gasteiger partial charge in [0.1, 0.15) is 5.75 Å². The lowest BCUT2D eigenvalue weighted by Crippen LogP contribution is -2.15. The minimum absolute atomic E-state index is 0.721. The number of hydrogen-bond donors (Lipinski definition) is 2. The molecule has 0 aliphatic heterocycles. The molecule has 4 heteroatoms. The summed E-state index contributed by atoms with van der Waals surface area (Å²) < 4.78 is 6.47. The van der Waals surface area contributed by atoms with Crippen LogP contribution in [0.5, 0.6) is 5.75 Å². The summed E-state index contributed by atoms with van der Waals surface area (Å²) in [7, 11) is 1.71. The molecule has 0 atom stereocenters. The molecule has 1 heterocycles. The summed E-state index contributed by atoms with van der Waals surface area (Å²) in [5.74, 6) is 0.904. The largest absolute Gasteiger partial charge is 0.497 e. The van der Waals surface area contributed by atoms with Gasteiger partial charge in [-0.05, 0) is 53.4 Å². The third kappa shape index (κ3) is 2.15. The van der Waals surface area contributed by atoms with Crippen LogP contribution in [0.3, 0.4) is 0 Å².